The summed E-state index contributed by atoms with van der Waals surface area (Å²) in [5.74, 6) is 7.61. The average molecular weight is 279 g/mol. The Morgan fingerprint density at radius 3 is 2.89 bits per heavy atom. The molecule has 3 N–H and O–H groups in total. The van der Waals surface area contributed by atoms with Crippen molar-refractivity contribution in [3.05, 3.63) is 29.3 Å². The van der Waals surface area contributed by atoms with Gasteiger partial charge in [-0.2, -0.15) is 11.8 Å². The molecule has 1 unspecified atom stereocenters. The fraction of sp³-hybridized carbons (Fsp3) is 0.467. The third-order valence-corrected chi connectivity index (χ3v) is 3.96. The molecule has 0 bridgehead atoms. The molecule has 0 aromatic heterocycles. The highest BCUT2D eigenvalue weighted by Gasteiger charge is 2.07. The number of benzene rings is 1. The molecule has 0 fully saturated rings. The number of nitrogens with two attached hydrogens (primary N) is 1. The van der Waals surface area contributed by atoms with E-state index in [0.717, 1.165) is 29.1 Å². The van der Waals surface area contributed by atoms with Crippen molar-refractivity contribution in [3.8, 4) is 17.6 Å². The van der Waals surface area contributed by atoms with E-state index in [9.17, 15) is 0 Å². The van der Waals surface area contributed by atoms with Crippen LogP contribution in [0, 0.1) is 11.8 Å². The van der Waals surface area contributed by atoms with Gasteiger partial charge in [0, 0.05) is 28.7 Å². The van der Waals surface area contributed by atoms with Gasteiger partial charge in [0.2, 0.25) is 0 Å². The van der Waals surface area contributed by atoms with Gasteiger partial charge in [0.05, 0.1) is 13.7 Å². The van der Waals surface area contributed by atoms with Crippen LogP contribution in [0.3, 0.4) is 0 Å². The molecule has 0 saturated carbocycles. The Bertz CT molecular complexity index is 451. The van der Waals surface area contributed by atoms with Crippen molar-refractivity contribution in [2.75, 3.05) is 20.3 Å². The first-order chi connectivity index (χ1) is 9.21. The zero-order valence-electron chi connectivity index (χ0n) is 11.5. The van der Waals surface area contributed by atoms with Gasteiger partial charge in [0.25, 0.3) is 0 Å². The minimum Gasteiger partial charge on any atom is -0.496 e. The lowest BCUT2D eigenvalue weighted by atomic mass is 10.1. The second kappa shape index (κ2) is 8.87. The molecular formula is C15H21NO2S. The Morgan fingerprint density at radius 1 is 1.47 bits per heavy atom. The molecule has 0 heterocycles. The van der Waals surface area contributed by atoms with Crippen LogP contribution in [0.4, 0.5) is 0 Å². The first-order valence-corrected chi connectivity index (χ1v) is 7.34. The van der Waals surface area contributed by atoms with Crippen molar-refractivity contribution in [2.24, 2.45) is 5.73 Å². The van der Waals surface area contributed by atoms with Crippen molar-refractivity contribution in [3.63, 3.8) is 0 Å². The fourth-order valence-electron chi connectivity index (χ4n) is 1.62. The second-order valence-electron chi connectivity index (χ2n) is 4.17. The van der Waals surface area contributed by atoms with Gasteiger partial charge in [-0.1, -0.05) is 18.8 Å². The number of aliphatic hydroxyl groups excluding tert-OH is 1. The maximum absolute atomic E-state index is 8.91. The highest BCUT2D eigenvalue weighted by atomic mass is 32.2. The van der Waals surface area contributed by atoms with Gasteiger partial charge < -0.3 is 15.6 Å². The van der Waals surface area contributed by atoms with Crippen LogP contribution in [-0.4, -0.2) is 30.6 Å². The van der Waals surface area contributed by atoms with E-state index in [2.05, 4.69) is 18.8 Å². The topological polar surface area (TPSA) is 55.5 Å². The van der Waals surface area contributed by atoms with E-state index in [1.165, 1.54) is 0 Å². The number of methoxy groups -OCH3 is 1. The maximum Gasteiger partial charge on any atom is 0.122 e. The Kier molecular flexibility index (Phi) is 7.42. The summed E-state index contributed by atoms with van der Waals surface area (Å²) in [6.45, 7) is 2.71. The molecule has 1 atom stereocenters. The summed E-state index contributed by atoms with van der Waals surface area (Å²) in [7, 11) is 1.67. The number of aliphatic hydroxyl groups is 1. The summed E-state index contributed by atoms with van der Waals surface area (Å²) in [5.41, 5.74) is 7.46. The predicted octanol–water partition coefficient (Wildman–Crippen LogP) is 2.01. The van der Waals surface area contributed by atoms with Gasteiger partial charge >= 0.3 is 0 Å². The van der Waals surface area contributed by atoms with E-state index < -0.39 is 0 Å². The normalized spacial score (nSPS) is 11.6. The van der Waals surface area contributed by atoms with Gasteiger partial charge in [-0.05, 0) is 24.6 Å². The largest absolute Gasteiger partial charge is 0.496 e. The van der Waals surface area contributed by atoms with Crippen LogP contribution in [0.25, 0.3) is 0 Å². The molecule has 0 aliphatic heterocycles. The molecule has 0 saturated heterocycles. The fourth-order valence-corrected chi connectivity index (χ4v) is 2.58. The predicted molar refractivity (Wildman–Crippen MR) is 81.4 cm³/mol. The van der Waals surface area contributed by atoms with Gasteiger partial charge in [0.1, 0.15) is 5.75 Å². The maximum atomic E-state index is 8.91. The molecule has 0 spiro atoms. The first kappa shape index (κ1) is 15.9. The number of hydrogen-bond acceptors (Lipinski definition) is 4. The standard InChI is InChI=1S/C15H21NO2S/c1-12(7-9-17)19-11-14-10-13(4-3-8-16)5-6-15(14)18-2/h5-6,10,12,17H,7-9,11,16H2,1-2H3. The molecule has 1 aromatic carbocycles. The Labute approximate surface area is 119 Å². The SMILES string of the molecule is COc1ccc(C#CCN)cc1CSC(C)CCO. The van der Waals surface area contributed by atoms with Gasteiger partial charge in [-0.25, -0.2) is 0 Å². The molecule has 1 aromatic rings. The first-order valence-electron chi connectivity index (χ1n) is 6.29. The molecule has 0 amide bonds. The lowest BCUT2D eigenvalue weighted by Gasteiger charge is -2.12. The summed E-state index contributed by atoms with van der Waals surface area (Å²) in [6, 6.07) is 5.92. The van der Waals surface area contributed by atoms with E-state index in [4.69, 9.17) is 15.6 Å². The zero-order valence-corrected chi connectivity index (χ0v) is 12.3. The van der Waals surface area contributed by atoms with E-state index in [0.29, 0.717) is 11.8 Å². The summed E-state index contributed by atoms with van der Waals surface area (Å²) in [5, 5.41) is 9.33. The van der Waals surface area contributed by atoms with Crippen LogP contribution in [-0.2, 0) is 5.75 Å². The minimum atomic E-state index is 0.229. The van der Waals surface area contributed by atoms with Gasteiger partial charge in [-0.15, -0.1) is 0 Å². The smallest absolute Gasteiger partial charge is 0.122 e. The highest BCUT2D eigenvalue weighted by molar-refractivity contribution is 7.99. The van der Waals surface area contributed by atoms with Crippen LogP contribution >= 0.6 is 11.8 Å². The number of ether oxygens (including phenoxy) is 1. The van der Waals surface area contributed by atoms with Crippen LogP contribution < -0.4 is 10.5 Å². The number of hydrogen-bond donors (Lipinski definition) is 2. The number of rotatable bonds is 6. The van der Waals surface area contributed by atoms with Crippen molar-refractivity contribution in [1.82, 2.24) is 0 Å². The zero-order chi connectivity index (χ0) is 14.1. The quantitative estimate of drug-likeness (QED) is 0.782. The van der Waals surface area contributed by atoms with Crippen molar-refractivity contribution >= 4 is 11.8 Å². The Balaban J connectivity index is 2.78. The summed E-state index contributed by atoms with van der Waals surface area (Å²) in [6.07, 6.45) is 0.805. The average Bonchev–Trinajstić information content (AvgIpc) is 2.43. The molecule has 4 heteroatoms. The monoisotopic (exact) mass is 279 g/mol. The van der Waals surface area contributed by atoms with Crippen molar-refractivity contribution in [1.29, 1.82) is 0 Å². The summed E-state index contributed by atoms with van der Waals surface area (Å²) >= 11 is 1.80. The molecule has 19 heavy (non-hydrogen) atoms. The van der Waals surface area contributed by atoms with Crippen LogP contribution in [0.1, 0.15) is 24.5 Å². The number of thioether (sulfide) groups is 1. The molecule has 0 radical (unpaired) electrons. The van der Waals surface area contributed by atoms with Gasteiger partial charge in [0.15, 0.2) is 0 Å². The van der Waals surface area contributed by atoms with Crippen LogP contribution in [0.5, 0.6) is 5.75 Å². The van der Waals surface area contributed by atoms with E-state index in [1.54, 1.807) is 18.9 Å². The summed E-state index contributed by atoms with van der Waals surface area (Å²) in [4.78, 5) is 0. The van der Waals surface area contributed by atoms with E-state index in [-0.39, 0.29) is 6.61 Å². The molecule has 1 rings (SSSR count). The molecule has 0 aliphatic rings. The third-order valence-electron chi connectivity index (χ3n) is 2.67. The third kappa shape index (κ3) is 5.56. The van der Waals surface area contributed by atoms with Crippen molar-refractivity contribution in [2.45, 2.75) is 24.3 Å². The summed E-state index contributed by atoms with van der Waals surface area (Å²) < 4.78 is 5.36. The van der Waals surface area contributed by atoms with Crippen LogP contribution in [0.2, 0.25) is 0 Å². The highest BCUT2D eigenvalue weighted by Crippen LogP contribution is 2.27. The molecule has 3 nitrogen and oxygen atoms in total. The van der Waals surface area contributed by atoms with E-state index >= 15 is 0 Å². The lowest BCUT2D eigenvalue weighted by molar-refractivity contribution is 0.289. The second-order valence-corrected chi connectivity index (χ2v) is 5.59. The molecule has 104 valence electrons. The van der Waals surface area contributed by atoms with Crippen molar-refractivity contribution < 1.29 is 9.84 Å². The lowest BCUT2D eigenvalue weighted by Crippen LogP contribution is -2.01. The minimum absolute atomic E-state index is 0.229. The van der Waals surface area contributed by atoms with Gasteiger partial charge in [-0.3, -0.25) is 0 Å². The van der Waals surface area contributed by atoms with E-state index in [1.807, 2.05) is 18.2 Å². The molecular weight excluding hydrogens is 258 g/mol. The van der Waals surface area contributed by atoms with Crippen LogP contribution in [0.15, 0.2) is 18.2 Å². The molecule has 0 aliphatic carbocycles. The Hall–Kier alpha value is -1.15. The Morgan fingerprint density at radius 2 is 2.26 bits per heavy atom.